The van der Waals surface area contributed by atoms with Crippen LogP contribution in [0.3, 0.4) is 0 Å². The summed E-state index contributed by atoms with van der Waals surface area (Å²) in [6.45, 7) is 6.06. The van der Waals surface area contributed by atoms with Crippen LogP contribution in [-0.4, -0.2) is 70.6 Å². The van der Waals surface area contributed by atoms with Crippen LogP contribution < -0.4 is 20.3 Å². The number of aromatic nitrogens is 2. The summed E-state index contributed by atoms with van der Waals surface area (Å²) in [5.74, 6) is 0.282. The van der Waals surface area contributed by atoms with Crippen molar-refractivity contribution in [1.82, 2.24) is 14.9 Å². The number of hydrogen-bond donors (Lipinski definition) is 4. The topological polar surface area (TPSA) is 149 Å². The zero-order chi connectivity index (χ0) is 28.0. The fraction of sp³-hybridized carbons (Fsp3) is 0.240. The Kier molecular flexibility index (Phi) is 9.18. The normalized spacial score (nSPS) is 14.1. The van der Waals surface area contributed by atoms with Crippen LogP contribution in [-0.2, 0) is 13.9 Å². The fourth-order valence-electron chi connectivity index (χ4n) is 3.87. The van der Waals surface area contributed by atoms with E-state index in [1.807, 2.05) is 19.2 Å². The summed E-state index contributed by atoms with van der Waals surface area (Å²) in [7, 11) is -2.65. The largest absolute Gasteiger partial charge is 0.472 e. The van der Waals surface area contributed by atoms with Gasteiger partial charge in [-0.25, -0.2) is 19.1 Å². The van der Waals surface area contributed by atoms with Crippen LogP contribution >= 0.6 is 19.4 Å². The van der Waals surface area contributed by atoms with Crippen molar-refractivity contribution in [3.8, 4) is 17.0 Å². The number of rotatable bonds is 10. The van der Waals surface area contributed by atoms with Gasteiger partial charge in [-0.05, 0) is 37.4 Å². The van der Waals surface area contributed by atoms with Gasteiger partial charge in [0.1, 0.15) is 5.75 Å². The summed E-state index contributed by atoms with van der Waals surface area (Å²) in [5.41, 5.74) is 3.00. The molecule has 3 aromatic rings. The number of nitrogens with one attached hydrogen (secondary N) is 2. The van der Waals surface area contributed by atoms with Gasteiger partial charge < -0.3 is 35.0 Å². The van der Waals surface area contributed by atoms with E-state index in [9.17, 15) is 9.36 Å². The van der Waals surface area contributed by atoms with Crippen molar-refractivity contribution in [1.29, 1.82) is 0 Å². The number of phosphoric ester groups is 1. The number of carbonyl (C=O) groups is 1. The first kappa shape index (κ1) is 28.5. The molecule has 1 fully saturated rings. The van der Waals surface area contributed by atoms with Crippen LogP contribution in [0.25, 0.3) is 11.3 Å². The molecule has 0 saturated carbocycles. The average molecular weight is 575 g/mol. The number of benzene rings is 2. The molecule has 4 N–H and O–H groups in total. The number of phosphoric acid groups is 1. The van der Waals surface area contributed by atoms with Crippen LogP contribution in [0.1, 0.15) is 0 Å². The molecule has 0 aliphatic carbocycles. The second-order valence-electron chi connectivity index (χ2n) is 8.64. The molecule has 0 radical (unpaired) electrons. The van der Waals surface area contributed by atoms with Gasteiger partial charge in [0, 0.05) is 49.2 Å². The highest BCUT2D eigenvalue weighted by molar-refractivity contribution is 7.46. The fourth-order valence-corrected chi connectivity index (χ4v) is 4.26. The van der Waals surface area contributed by atoms with Gasteiger partial charge in [-0.2, -0.15) is 0 Å². The Balaban J connectivity index is 1.58. The average Bonchev–Trinajstić information content (AvgIpc) is 2.90. The smallest absolute Gasteiger partial charge is 0.465 e. The molecule has 12 nitrogen and oxygen atoms in total. The molecule has 1 aliphatic rings. The number of carbonyl (C=O) groups excluding carboxylic acids is 1. The van der Waals surface area contributed by atoms with Crippen LogP contribution in [0, 0.1) is 0 Å². The highest BCUT2D eigenvalue weighted by atomic mass is 35.5. The minimum Gasteiger partial charge on any atom is -0.465 e. The maximum atomic E-state index is 11.7. The van der Waals surface area contributed by atoms with E-state index >= 15 is 0 Å². The van der Waals surface area contributed by atoms with Gasteiger partial charge in [-0.15, -0.1) is 0 Å². The lowest BCUT2D eigenvalue weighted by Crippen LogP contribution is -2.44. The first-order valence-corrected chi connectivity index (χ1v) is 13.8. The number of hydrogen-bond acceptors (Lipinski definition) is 9. The standard InChI is InChI=1S/C25H28ClN6O6P/c1-3-23(33)28-18-6-4-5-17(13-18)24-20(26)15-27-25(30-24)29-19-7-8-21(32-11-9-31(2)10-12-32)22(14-19)37-16-38-39(34,35)36/h3-8,13-15H,1,9-12,16H2,2H3,(H,28,33)(H,27,29,30)(H2,34,35,36). The minimum atomic E-state index is -4.70. The van der Waals surface area contributed by atoms with Crippen LogP contribution in [0.5, 0.6) is 5.75 Å². The number of likely N-dealkylation sites (N-methyl/N-ethyl adjacent to an activating group) is 1. The molecule has 2 aromatic carbocycles. The predicted octanol–water partition coefficient (Wildman–Crippen LogP) is 3.86. The van der Waals surface area contributed by atoms with E-state index in [1.165, 1.54) is 12.3 Å². The van der Waals surface area contributed by atoms with Crippen LogP contribution in [0.4, 0.5) is 23.0 Å². The van der Waals surface area contributed by atoms with Gasteiger partial charge in [-0.3, -0.25) is 4.79 Å². The third-order valence-corrected chi connectivity index (χ3v) is 6.55. The van der Waals surface area contributed by atoms with Crippen LogP contribution in [0.15, 0.2) is 61.3 Å². The first-order chi connectivity index (χ1) is 18.6. The SMILES string of the molecule is C=CC(=O)Nc1cccc(-c2nc(Nc3ccc(N4CCN(C)CC4)c(OCOP(=O)(O)O)c3)ncc2Cl)c1. The van der Waals surface area contributed by atoms with Crippen molar-refractivity contribution < 1.29 is 28.4 Å². The lowest BCUT2D eigenvalue weighted by molar-refractivity contribution is -0.111. The molecule has 14 heteroatoms. The molecule has 0 bridgehead atoms. The summed E-state index contributed by atoms with van der Waals surface area (Å²) in [6.07, 6.45) is 2.64. The molecule has 1 aliphatic heterocycles. The van der Waals surface area contributed by atoms with E-state index in [0.717, 1.165) is 31.9 Å². The highest BCUT2D eigenvalue weighted by Crippen LogP contribution is 2.38. The van der Waals surface area contributed by atoms with Gasteiger partial charge in [0.25, 0.3) is 0 Å². The molecule has 1 amide bonds. The molecule has 0 atom stereocenters. The monoisotopic (exact) mass is 574 g/mol. The minimum absolute atomic E-state index is 0.250. The molecule has 1 saturated heterocycles. The Labute approximate surface area is 230 Å². The van der Waals surface area contributed by atoms with E-state index in [0.29, 0.717) is 33.4 Å². The predicted molar refractivity (Wildman–Crippen MR) is 149 cm³/mol. The maximum Gasteiger partial charge on any atom is 0.472 e. The number of nitrogens with zero attached hydrogens (tertiary/aromatic N) is 4. The van der Waals surface area contributed by atoms with Crippen molar-refractivity contribution in [2.45, 2.75) is 0 Å². The molecular formula is C25H28ClN6O6P. The summed E-state index contributed by atoms with van der Waals surface area (Å²) in [5, 5.41) is 6.14. The third kappa shape index (κ3) is 7.99. The number of ether oxygens (including phenoxy) is 1. The van der Waals surface area contributed by atoms with E-state index in [2.05, 4.69) is 41.5 Å². The molecule has 206 valence electrons. The van der Waals surface area contributed by atoms with Crippen molar-refractivity contribution in [3.63, 3.8) is 0 Å². The Morgan fingerprint density at radius 3 is 2.67 bits per heavy atom. The highest BCUT2D eigenvalue weighted by Gasteiger charge is 2.20. The van der Waals surface area contributed by atoms with Gasteiger partial charge in [0.05, 0.1) is 22.6 Å². The molecule has 1 aromatic heterocycles. The lowest BCUT2D eigenvalue weighted by atomic mass is 10.1. The van der Waals surface area contributed by atoms with E-state index in [-0.39, 0.29) is 11.9 Å². The van der Waals surface area contributed by atoms with Gasteiger partial charge >= 0.3 is 7.82 Å². The van der Waals surface area contributed by atoms with Gasteiger partial charge in [0.2, 0.25) is 11.9 Å². The lowest BCUT2D eigenvalue weighted by Gasteiger charge is -2.35. The quantitative estimate of drug-likeness (QED) is 0.159. The number of anilines is 4. The first-order valence-electron chi connectivity index (χ1n) is 11.8. The Morgan fingerprint density at radius 2 is 1.95 bits per heavy atom. The van der Waals surface area contributed by atoms with Crippen LogP contribution in [0.2, 0.25) is 5.02 Å². The summed E-state index contributed by atoms with van der Waals surface area (Å²) < 4.78 is 21.2. The van der Waals surface area contributed by atoms with Crippen molar-refractivity contribution in [2.24, 2.45) is 0 Å². The van der Waals surface area contributed by atoms with Crippen molar-refractivity contribution >= 4 is 48.3 Å². The number of amides is 1. The molecule has 39 heavy (non-hydrogen) atoms. The Morgan fingerprint density at radius 1 is 1.18 bits per heavy atom. The van der Waals surface area contributed by atoms with Crippen molar-refractivity contribution in [3.05, 3.63) is 66.3 Å². The summed E-state index contributed by atoms with van der Waals surface area (Å²) in [4.78, 5) is 42.9. The molecular weight excluding hydrogens is 547 g/mol. The van der Waals surface area contributed by atoms with E-state index in [4.69, 9.17) is 26.1 Å². The number of piperazine rings is 1. The molecule has 2 heterocycles. The number of halogens is 1. The summed E-state index contributed by atoms with van der Waals surface area (Å²) in [6, 6.07) is 12.4. The maximum absolute atomic E-state index is 11.7. The van der Waals surface area contributed by atoms with Gasteiger partial charge in [-0.1, -0.05) is 30.3 Å². The molecule has 4 rings (SSSR count). The molecule has 0 unspecified atom stereocenters. The second-order valence-corrected chi connectivity index (χ2v) is 10.3. The Hall–Kier alpha value is -3.51. The van der Waals surface area contributed by atoms with Crippen molar-refractivity contribution in [2.75, 3.05) is 55.6 Å². The zero-order valence-corrected chi connectivity index (χ0v) is 22.7. The zero-order valence-electron chi connectivity index (χ0n) is 21.1. The van der Waals surface area contributed by atoms with E-state index < -0.39 is 14.6 Å². The molecule has 0 spiro atoms. The van der Waals surface area contributed by atoms with E-state index in [1.54, 1.807) is 30.3 Å². The van der Waals surface area contributed by atoms with Gasteiger partial charge in [0.15, 0.2) is 6.79 Å². The summed E-state index contributed by atoms with van der Waals surface area (Å²) >= 11 is 6.39. The Bertz CT molecular complexity index is 1400. The second kappa shape index (κ2) is 12.6. The third-order valence-electron chi connectivity index (χ3n) is 5.83.